The molecule has 1 fully saturated rings. The van der Waals surface area contributed by atoms with Gasteiger partial charge in [-0.15, -0.1) is 0 Å². The molecule has 0 aromatic rings. The first-order chi connectivity index (χ1) is 5.25. The van der Waals surface area contributed by atoms with Crippen LogP contribution in [-0.2, 0) is 0 Å². The molecule has 1 rings (SSSR count). The maximum absolute atomic E-state index is 13.0. The van der Waals surface area contributed by atoms with Crippen molar-refractivity contribution in [1.29, 1.82) is 0 Å². The molecule has 0 bridgehead atoms. The number of rotatable bonds is 1. The summed E-state index contributed by atoms with van der Waals surface area (Å²) in [6, 6.07) is 0. The number of alkyl halides is 1. The Morgan fingerprint density at radius 1 is 1.73 bits per heavy atom. The topological polar surface area (TPSA) is 3.24 Å². The molecule has 1 unspecified atom stereocenters. The fourth-order valence-corrected chi connectivity index (χ4v) is 1.25. The highest BCUT2D eigenvalue weighted by molar-refractivity contribution is 5.24. The molecule has 0 amide bonds. The zero-order valence-corrected chi connectivity index (χ0v) is 6.73. The number of hydrogen-bond acceptors (Lipinski definition) is 1. The lowest BCUT2D eigenvalue weighted by molar-refractivity contribution is 0.171. The van der Waals surface area contributed by atoms with Crippen LogP contribution in [0.5, 0.6) is 0 Å². The van der Waals surface area contributed by atoms with Crippen molar-refractivity contribution in [3.8, 4) is 11.8 Å². The molecule has 0 aromatic carbocycles. The van der Waals surface area contributed by atoms with Gasteiger partial charge < -0.3 is 4.90 Å². The Labute approximate surface area is 66.9 Å². The quantitative estimate of drug-likeness (QED) is 0.411. The number of hydrogen-bond donors (Lipinski definition) is 0. The van der Waals surface area contributed by atoms with Crippen LogP contribution < -0.4 is 0 Å². The Hall–Kier alpha value is -0.970. The van der Waals surface area contributed by atoms with E-state index in [9.17, 15) is 4.39 Å². The van der Waals surface area contributed by atoms with Gasteiger partial charge in [-0.2, -0.15) is 0 Å². The average molecular weight is 153 g/mol. The standard InChI is InChI=1S/C9H12FN/c1-3-5-8(2)11-7-4-6-9(11)10/h9H,2,4,6-7H2,1H3. The molecule has 1 aliphatic rings. The summed E-state index contributed by atoms with van der Waals surface area (Å²) in [6.07, 6.45) is 0.666. The molecular formula is C9H12FN. The van der Waals surface area contributed by atoms with Gasteiger partial charge in [-0.3, -0.25) is 0 Å². The maximum atomic E-state index is 13.0. The van der Waals surface area contributed by atoms with E-state index in [0.717, 1.165) is 13.0 Å². The Bertz CT molecular complexity index is 211. The molecule has 1 saturated heterocycles. The van der Waals surface area contributed by atoms with Gasteiger partial charge >= 0.3 is 0 Å². The Morgan fingerprint density at radius 3 is 2.91 bits per heavy atom. The van der Waals surface area contributed by atoms with Crippen molar-refractivity contribution in [2.24, 2.45) is 0 Å². The predicted molar refractivity (Wildman–Crippen MR) is 43.4 cm³/mol. The molecule has 0 saturated carbocycles. The minimum atomic E-state index is -0.858. The van der Waals surface area contributed by atoms with Crippen molar-refractivity contribution >= 4 is 0 Å². The predicted octanol–water partition coefficient (Wildman–Crippen LogP) is 1.91. The minimum absolute atomic E-state index is 0.609. The summed E-state index contributed by atoms with van der Waals surface area (Å²) in [4.78, 5) is 1.62. The molecule has 0 aromatic heterocycles. The van der Waals surface area contributed by atoms with Gasteiger partial charge in [-0.25, -0.2) is 4.39 Å². The summed E-state index contributed by atoms with van der Waals surface area (Å²) in [6.45, 7) is 6.18. The Balaban J connectivity index is 2.57. The third-order valence-electron chi connectivity index (χ3n) is 1.80. The molecule has 0 N–H and O–H groups in total. The fraction of sp³-hybridized carbons (Fsp3) is 0.556. The van der Waals surface area contributed by atoms with Crippen LogP contribution in [0.15, 0.2) is 12.3 Å². The van der Waals surface area contributed by atoms with Gasteiger partial charge in [0.1, 0.15) is 0 Å². The van der Waals surface area contributed by atoms with Gasteiger partial charge in [-0.1, -0.05) is 12.5 Å². The summed E-state index contributed by atoms with van der Waals surface area (Å²) in [5.41, 5.74) is 0.609. The number of allylic oxidation sites excluding steroid dienone is 1. The van der Waals surface area contributed by atoms with Gasteiger partial charge in [-0.05, 0) is 25.7 Å². The Morgan fingerprint density at radius 2 is 2.45 bits per heavy atom. The molecule has 60 valence electrons. The Kier molecular flexibility index (Phi) is 2.53. The maximum Gasteiger partial charge on any atom is 0.173 e. The van der Waals surface area contributed by atoms with Crippen molar-refractivity contribution in [3.63, 3.8) is 0 Å². The van der Waals surface area contributed by atoms with Crippen LogP contribution in [-0.4, -0.2) is 17.7 Å². The lowest BCUT2D eigenvalue weighted by Gasteiger charge is -2.18. The van der Waals surface area contributed by atoms with Crippen molar-refractivity contribution in [2.45, 2.75) is 26.1 Å². The largest absolute Gasteiger partial charge is 0.336 e. The van der Waals surface area contributed by atoms with E-state index < -0.39 is 6.30 Å². The second-order valence-electron chi connectivity index (χ2n) is 2.59. The molecule has 1 heterocycles. The summed E-state index contributed by atoms with van der Waals surface area (Å²) in [5.74, 6) is 5.47. The highest BCUT2D eigenvalue weighted by Gasteiger charge is 2.23. The van der Waals surface area contributed by atoms with Gasteiger partial charge in [0.05, 0.1) is 5.70 Å². The summed E-state index contributed by atoms with van der Waals surface area (Å²) < 4.78 is 13.0. The van der Waals surface area contributed by atoms with E-state index in [1.165, 1.54) is 0 Å². The van der Waals surface area contributed by atoms with Gasteiger partial charge in [0.25, 0.3) is 0 Å². The fourth-order valence-electron chi connectivity index (χ4n) is 1.25. The molecule has 1 aliphatic heterocycles. The van der Waals surface area contributed by atoms with E-state index in [1.807, 2.05) is 0 Å². The average Bonchev–Trinajstić information content (AvgIpc) is 2.36. The summed E-state index contributed by atoms with van der Waals surface area (Å²) >= 11 is 0. The summed E-state index contributed by atoms with van der Waals surface area (Å²) in [5, 5.41) is 0. The summed E-state index contributed by atoms with van der Waals surface area (Å²) in [7, 11) is 0. The van der Waals surface area contributed by atoms with E-state index in [4.69, 9.17) is 0 Å². The van der Waals surface area contributed by atoms with Crippen molar-refractivity contribution in [1.82, 2.24) is 4.90 Å². The molecule has 2 heteroatoms. The third-order valence-corrected chi connectivity index (χ3v) is 1.80. The van der Waals surface area contributed by atoms with Crippen molar-refractivity contribution in [3.05, 3.63) is 12.3 Å². The second-order valence-corrected chi connectivity index (χ2v) is 2.59. The first-order valence-corrected chi connectivity index (χ1v) is 3.78. The highest BCUT2D eigenvalue weighted by Crippen LogP contribution is 2.21. The van der Waals surface area contributed by atoms with Crippen molar-refractivity contribution in [2.75, 3.05) is 6.54 Å². The lowest BCUT2D eigenvalue weighted by atomic mass is 10.4. The van der Waals surface area contributed by atoms with Crippen LogP contribution >= 0.6 is 0 Å². The van der Waals surface area contributed by atoms with Gasteiger partial charge in [0, 0.05) is 6.54 Å². The molecule has 0 spiro atoms. The van der Waals surface area contributed by atoms with Crippen LogP contribution in [0.25, 0.3) is 0 Å². The highest BCUT2D eigenvalue weighted by atomic mass is 19.1. The van der Waals surface area contributed by atoms with Crippen LogP contribution in [0.4, 0.5) is 4.39 Å². The monoisotopic (exact) mass is 153 g/mol. The third kappa shape index (κ3) is 1.74. The minimum Gasteiger partial charge on any atom is -0.336 e. The van der Waals surface area contributed by atoms with E-state index in [2.05, 4.69) is 18.4 Å². The van der Waals surface area contributed by atoms with E-state index in [-0.39, 0.29) is 0 Å². The van der Waals surface area contributed by atoms with Crippen LogP contribution in [0.1, 0.15) is 19.8 Å². The van der Waals surface area contributed by atoms with E-state index in [0.29, 0.717) is 12.1 Å². The normalized spacial score (nSPS) is 22.7. The van der Waals surface area contributed by atoms with Crippen LogP contribution in [0, 0.1) is 11.8 Å². The van der Waals surface area contributed by atoms with Gasteiger partial charge in [0.2, 0.25) is 0 Å². The number of likely N-dealkylation sites (tertiary alicyclic amines) is 1. The second kappa shape index (κ2) is 3.43. The van der Waals surface area contributed by atoms with Crippen molar-refractivity contribution < 1.29 is 4.39 Å². The molecular weight excluding hydrogens is 141 g/mol. The first kappa shape index (κ1) is 8.13. The number of nitrogens with zero attached hydrogens (tertiary/aromatic N) is 1. The van der Waals surface area contributed by atoms with E-state index in [1.54, 1.807) is 11.8 Å². The molecule has 0 radical (unpaired) electrons. The molecule has 0 aliphatic carbocycles. The number of halogens is 1. The zero-order chi connectivity index (χ0) is 8.27. The SMILES string of the molecule is C=C(C#CC)N1CCCC1F. The van der Waals surface area contributed by atoms with Crippen LogP contribution in [0.3, 0.4) is 0 Å². The van der Waals surface area contributed by atoms with Gasteiger partial charge in [0.15, 0.2) is 6.30 Å². The molecule has 1 nitrogen and oxygen atoms in total. The lowest BCUT2D eigenvalue weighted by Crippen LogP contribution is -2.23. The smallest absolute Gasteiger partial charge is 0.173 e. The van der Waals surface area contributed by atoms with E-state index >= 15 is 0 Å². The zero-order valence-electron chi connectivity index (χ0n) is 6.73. The first-order valence-electron chi connectivity index (χ1n) is 3.78. The molecule has 1 atom stereocenters. The van der Waals surface area contributed by atoms with Crippen LogP contribution in [0.2, 0.25) is 0 Å². The molecule has 11 heavy (non-hydrogen) atoms.